The number of carboxylic acid groups (broad SMARTS) is 1. The Hall–Kier alpha value is -2.30. The molecule has 0 atom stereocenters. The molecule has 1 heterocycles. The van der Waals surface area contributed by atoms with Crippen LogP contribution in [0.4, 0.5) is 0 Å². The highest BCUT2D eigenvalue weighted by Gasteiger charge is 2.22. The molecular weight excluding hydrogens is 280 g/mol. The first kappa shape index (κ1) is 14.6. The fraction of sp³-hybridized carbons (Fsp3) is 0.412. The SMILES string of the molecule is COc1ccc(-c2cc(C(=O)O)nn2C)cc1C1CCCC1. The van der Waals surface area contributed by atoms with E-state index in [0.717, 1.165) is 17.0 Å². The average Bonchev–Trinajstić information content (AvgIpc) is 3.16. The molecule has 2 aromatic rings. The van der Waals surface area contributed by atoms with Crippen molar-refractivity contribution in [2.45, 2.75) is 31.6 Å². The molecule has 1 aliphatic rings. The summed E-state index contributed by atoms with van der Waals surface area (Å²) >= 11 is 0. The molecule has 1 N–H and O–H groups in total. The molecule has 1 aromatic heterocycles. The van der Waals surface area contributed by atoms with Crippen molar-refractivity contribution in [3.63, 3.8) is 0 Å². The highest BCUT2D eigenvalue weighted by molar-refractivity contribution is 5.87. The number of carbonyl (C=O) groups is 1. The zero-order chi connectivity index (χ0) is 15.7. The molecule has 0 aliphatic heterocycles. The van der Waals surface area contributed by atoms with Crippen molar-refractivity contribution in [2.75, 3.05) is 7.11 Å². The van der Waals surface area contributed by atoms with Crippen molar-refractivity contribution in [2.24, 2.45) is 7.05 Å². The van der Waals surface area contributed by atoms with Crippen LogP contribution in [0.2, 0.25) is 0 Å². The maximum atomic E-state index is 11.1. The minimum absolute atomic E-state index is 0.0655. The third kappa shape index (κ3) is 2.58. The summed E-state index contributed by atoms with van der Waals surface area (Å²) in [6.07, 6.45) is 4.89. The maximum absolute atomic E-state index is 11.1. The van der Waals surface area contributed by atoms with Crippen LogP contribution in [0.5, 0.6) is 5.75 Å². The molecule has 0 unspecified atom stereocenters. The second kappa shape index (κ2) is 5.83. The zero-order valence-electron chi connectivity index (χ0n) is 12.9. The van der Waals surface area contributed by atoms with Gasteiger partial charge in [0.15, 0.2) is 5.69 Å². The number of aryl methyl sites for hydroxylation is 1. The smallest absolute Gasteiger partial charge is 0.356 e. The van der Waals surface area contributed by atoms with Crippen LogP contribution in [0, 0.1) is 0 Å². The van der Waals surface area contributed by atoms with Crippen molar-refractivity contribution in [1.29, 1.82) is 0 Å². The van der Waals surface area contributed by atoms with Crippen LogP contribution in [0.15, 0.2) is 24.3 Å². The van der Waals surface area contributed by atoms with Crippen molar-refractivity contribution in [3.05, 3.63) is 35.5 Å². The lowest BCUT2D eigenvalue weighted by Gasteiger charge is -2.16. The molecule has 116 valence electrons. The molecule has 1 aliphatic carbocycles. The van der Waals surface area contributed by atoms with Gasteiger partial charge in [-0.3, -0.25) is 4.68 Å². The van der Waals surface area contributed by atoms with Gasteiger partial charge in [0.25, 0.3) is 0 Å². The lowest BCUT2D eigenvalue weighted by Crippen LogP contribution is -2.00. The molecule has 0 amide bonds. The van der Waals surface area contributed by atoms with Crippen LogP contribution in [0.1, 0.15) is 47.7 Å². The molecule has 1 fully saturated rings. The molecule has 5 heteroatoms. The van der Waals surface area contributed by atoms with E-state index in [1.807, 2.05) is 12.1 Å². The summed E-state index contributed by atoms with van der Waals surface area (Å²) in [5, 5.41) is 13.1. The Morgan fingerprint density at radius 3 is 2.64 bits per heavy atom. The molecule has 1 aromatic carbocycles. The summed E-state index contributed by atoms with van der Waals surface area (Å²) in [7, 11) is 3.46. The zero-order valence-corrected chi connectivity index (χ0v) is 12.9. The average molecular weight is 300 g/mol. The monoisotopic (exact) mass is 300 g/mol. The quantitative estimate of drug-likeness (QED) is 0.939. The number of hydrogen-bond donors (Lipinski definition) is 1. The van der Waals surface area contributed by atoms with Gasteiger partial charge in [0.2, 0.25) is 0 Å². The van der Waals surface area contributed by atoms with Gasteiger partial charge < -0.3 is 9.84 Å². The van der Waals surface area contributed by atoms with Crippen LogP contribution in [0.25, 0.3) is 11.3 Å². The normalized spacial score (nSPS) is 15.2. The summed E-state index contributed by atoms with van der Waals surface area (Å²) in [4.78, 5) is 11.1. The molecule has 1 saturated carbocycles. The highest BCUT2D eigenvalue weighted by Crippen LogP contribution is 2.40. The molecular formula is C17H20N2O3. The molecule has 0 spiro atoms. The van der Waals surface area contributed by atoms with Gasteiger partial charge in [-0.25, -0.2) is 4.79 Å². The lowest BCUT2D eigenvalue weighted by molar-refractivity contribution is 0.0689. The molecule has 0 radical (unpaired) electrons. The lowest BCUT2D eigenvalue weighted by atomic mass is 9.94. The van der Waals surface area contributed by atoms with E-state index in [4.69, 9.17) is 9.84 Å². The van der Waals surface area contributed by atoms with Gasteiger partial charge in [-0.2, -0.15) is 5.10 Å². The standard InChI is InChI=1S/C17H20N2O3/c1-19-15(10-14(18-19)17(20)21)12-7-8-16(22-2)13(9-12)11-5-3-4-6-11/h7-11H,3-6H2,1-2H3,(H,20,21). The highest BCUT2D eigenvalue weighted by atomic mass is 16.5. The Balaban J connectivity index is 2.04. The predicted molar refractivity (Wildman–Crippen MR) is 83.4 cm³/mol. The Labute approximate surface area is 129 Å². The summed E-state index contributed by atoms with van der Waals surface area (Å²) in [5.41, 5.74) is 3.07. The van der Waals surface area contributed by atoms with E-state index in [-0.39, 0.29) is 5.69 Å². The van der Waals surface area contributed by atoms with E-state index in [0.29, 0.717) is 5.92 Å². The van der Waals surface area contributed by atoms with Gasteiger partial charge in [-0.1, -0.05) is 12.8 Å². The summed E-state index contributed by atoms with van der Waals surface area (Å²) < 4.78 is 7.12. The van der Waals surface area contributed by atoms with Crippen molar-refractivity contribution < 1.29 is 14.6 Å². The fourth-order valence-corrected chi connectivity index (χ4v) is 3.29. The van der Waals surface area contributed by atoms with Crippen molar-refractivity contribution in [3.8, 4) is 17.0 Å². The molecule has 0 bridgehead atoms. The third-order valence-electron chi connectivity index (χ3n) is 4.42. The van der Waals surface area contributed by atoms with Crippen molar-refractivity contribution in [1.82, 2.24) is 9.78 Å². The van der Waals surface area contributed by atoms with E-state index >= 15 is 0 Å². The number of aromatic nitrogens is 2. The number of carboxylic acids is 1. The fourth-order valence-electron chi connectivity index (χ4n) is 3.29. The number of ether oxygens (including phenoxy) is 1. The number of rotatable bonds is 4. The molecule has 22 heavy (non-hydrogen) atoms. The van der Waals surface area contributed by atoms with E-state index in [9.17, 15) is 4.79 Å². The number of methoxy groups -OCH3 is 1. The van der Waals surface area contributed by atoms with Gasteiger partial charge in [-0.05, 0) is 48.6 Å². The van der Waals surface area contributed by atoms with Gasteiger partial charge in [0.05, 0.1) is 12.8 Å². The minimum atomic E-state index is -1.01. The Bertz CT molecular complexity index is 700. The number of nitrogens with zero attached hydrogens (tertiary/aromatic N) is 2. The van der Waals surface area contributed by atoms with E-state index < -0.39 is 5.97 Å². The van der Waals surface area contributed by atoms with E-state index in [1.165, 1.54) is 31.2 Å². The maximum Gasteiger partial charge on any atom is 0.356 e. The number of aromatic carboxylic acids is 1. The van der Waals surface area contributed by atoms with Gasteiger partial charge in [0.1, 0.15) is 5.75 Å². The summed E-state index contributed by atoms with van der Waals surface area (Å²) in [5.74, 6) is 0.435. The molecule has 0 saturated heterocycles. The summed E-state index contributed by atoms with van der Waals surface area (Å²) in [6, 6.07) is 7.66. The second-order valence-electron chi connectivity index (χ2n) is 5.78. The van der Waals surface area contributed by atoms with E-state index in [2.05, 4.69) is 11.2 Å². The molecule has 3 rings (SSSR count). The Morgan fingerprint density at radius 1 is 1.32 bits per heavy atom. The largest absolute Gasteiger partial charge is 0.496 e. The second-order valence-corrected chi connectivity index (χ2v) is 5.78. The minimum Gasteiger partial charge on any atom is -0.496 e. The van der Waals surface area contributed by atoms with Crippen LogP contribution in [-0.4, -0.2) is 28.0 Å². The predicted octanol–water partition coefficient (Wildman–Crippen LogP) is 3.45. The first-order chi connectivity index (χ1) is 10.6. The van der Waals surface area contributed by atoms with Crippen LogP contribution < -0.4 is 4.74 Å². The van der Waals surface area contributed by atoms with Crippen LogP contribution in [-0.2, 0) is 7.05 Å². The molecule has 5 nitrogen and oxygen atoms in total. The Kier molecular flexibility index (Phi) is 3.88. The number of benzene rings is 1. The van der Waals surface area contributed by atoms with Crippen molar-refractivity contribution >= 4 is 5.97 Å². The third-order valence-corrected chi connectivity index (χ3v) is 4.42. The van der Waals surface area contributed by atoms with Gasteiger partial charge in [0, 0.05) is 12.6 Å². The summed E-state index contributed by atoms with van der Waals surface area (Å²) in [6.45, 7) is 0. The first-order valence-electron chi connectivity index (χ1n) is 7.56. The van der Waals surface area contributed by atoms with Crippen LogP contribution in [0.3, 0.4) is 0 Å². The van der Waals surface area contributed by atoms with E-state index in [1.54, 1.807) is 24.9 Å². The van der Waals surface area contributed by atoms with Gasteiger partial charge >= 0.3 is 5.97 Å². The number of hydrogen-bond acceptors (Lipinski definition) is 3. The topological polar surface area (TPSA) is 64.3 Å². The first-order valence-corrected chi connectivity index (χ1v) is 7.56. The van der Waals surface area contributed by atoms with Crippen LogP contribution >= 0.6 is 0 Å². The Morgan fingerprint density at radius 2 is 2.05 bits per heavy atom. The van der Waals surface area contributed by atoms with Gasteiger partial charge in [-0.15, -0.1) is 0 Å².